The zero-order valence-corrected chi connectivity index (χ0v) is 21.2. The molecule has 0 N–H and O–H groups in total. The molecule has 1 spiro atoms. The summed E-state index contributed by atoms with van der Waals surface area (Å²) in [5, 5.41) is 0. The Hall–Kier alpha value is -3.68. The third-order valence-electron chi connectivity index (χ3n) is 7.29. The van der Waals surface area contributed by atoms with E-state index in [0.29, 0.717) is 26.0 Å². The lowest BCUT2D eigenvalue weighted by molar-refractivity contribution is -0.136. The van der Waals surface area contributed by atoms with Crippen LogP contribution in [-0.2, 0) is 22.6 Å². The van der Waals surface area contributed by atoms with E-state index in [1.165, 1.54) is 4.90 Å². The number of rotatable bonds is 9. The number of amides is 3. The number of urea groups is 1. The number of ether oxygens (including phenoxy) is 2. The van der Waals surface area contributed by atoms with E-state index in [9.17, 15) is 9.59 Å². The Morgan fingerprint density at radius 1 is 0.784 bits per heavy atom. The zero-order chi connectivity index (χ0) is 25.7. The Kier molecular flexibility index (Phi) is 7.53. The molecular weight excluding hydrogens is 466 g/mol. The highest BCUT2D eigenvalue weighted by Gasteiger charge is 2.57. The molecule has 0 saturated carbocycles. The molecule has 2 heterocycles. The Labute approximate surface area is 218 Å². The van der Waals surface area contributed by atoms with Gasteiger partial charge in [0.15, 0.2) is 0 Å². The van der Waals surface area contributed by atoms with Gasteiger partial charge in [-0.15, -0.1) is 0 Å². The molecule has 0 atom stereocenters. The first-order valence-corrected chi connectivity index (χ1v) is 12.8. The van der Waals surface area contributed by atoms with Crippen molar-refractivity contribution in [2.45, 2.75) is 31.5 Å². The number of carbonyl (C=O) groups excluding carboxylic acids is 2. The number of hydrogen-bond acceptors (Lipinski definition) is 5. The number of imide groups is 1. The minimum atomic E-state index is -0.810. The fourth-order valence-corrected chi connectivity index (χ4v) is 5.30. The van der Waals surface area contributed by atoms with E-state index in [0.717, 1.165) is 42.3 Å². The highest BCUT2D eigenvalue weighted by atomic mass is 16.5. The summed E-state index contributed by atoms with van der Waals surface area (Å²) in [6, 6.07) is 27.6. The lowest BCUT2D eigenvalue weighted by atomic mass is 9.85. The van der Waals surface area contributed by atoms with Crippen LogP contribution in [0, 0.1) is 0 Å². The second kappa shape index (κ2) is 11.2. The molecule has 2 saturated heterocycles. The summed E-state index contributed by atoms with van der Waals surface area (Å²) in [7, 11) is 1.58. The topological polar surface area (TPSA) is 62.3 Å². The van der Waals surface area contributed by atoms with Gasteiger partial charge in [-0.25, -0.2) is 4.79 Å². The van der Waals surface area contributed by atoms with Gasteiger partial charge in [-0.1, -0.05) is 60.7 Å². The molecule has 0 radical (unpaired) electrons. The van der Waals surface area contributed by atoms with Crippen LogP contribution in [0.4, 0.5) is 4.79 Å². The molecule has 2 aliphatic rings. The summed E-state index contributed by atoms with van der Waals surface area (Å²) in [5.74, 6) is 1.51. The van der Waals surface area contributed by atoms with Crippen molar-refractivity contribution in [1.29, 1.82) is 0 Å². The van der Waals surface area contributed by atoms with Crippen molar-refractivity contribution in [1.82, 2.24) is 14.7 Å². The second-order valence-corrected chi connectivity index (χ2v) is 9.67. The van der Waals surface area contributed by atoms with Crippen LogP contribution in [0.15, 0.2) is 84.9 Å². The lowest BCUT2D eigenvalue weighted by Crippen LogP contribution is -2.56. The van der Waals surface area contributed by atoms with Gasteiger partial charge >= 0.3 is 6.03 Å². The van der Waals surface area contributed by atoms with Gasteiger partial charge in [0.1, 0.15) is 17.0 Å². The minimum absolute atomic E-state index is 0.0941. The normalized spacial score (nSPS) is 17.5. The van der Waals surface area contributed by atoms with Gasteiger partial charge in [0, 0.05) is 33.3 Å². The number of piperidine rings is 1. The molecule has 2 aliphatic heterocycles. The van der Waals surface area contributed by atoms with Crippen molar-refractivity contribution in [2.24, 2.45) is 0 Å². The van der Waals surface area contributed by atoms with Gasteiger partial charge in [-0.2, -0.15) is 0 Å². The molecule has 37 heavy (non-hydrogen) atoms. The number of nitrogens with zero attached hydrogens (tertiary/aromatic N) is 3. The molecule has 3 aromatic carbocycles. The lowest BCUT2D eigenvalue weighted by Gasteiger charge is -2.42. The van der Waals surface area contributed by atoms with Crippen LogP contribution in [0.1, 0.15) is 24.0 Å². The zero-order valence-electron chi connectivity index (χ0n) is 21.2. The summed E-state index contributed by atoms with van der Waals surface area (Å²) in [4.78, 5) is 32.6. The van der Waals surface area contributed by atoms with E-state index in [4.69, 9.17) is 9.47 Å². The van der Waals surface area contributed by atoms with Crippen molar-refractivity contribution < 1.29 is 19.1 Å². The predicted octanol–water partition coefficient (Wildman–Crippen LogP) is 4.92. The first-order chi connectivity index (χ1) is 18.1. The number of hydrogen-bond donors (Lipinski definition) is 0. The molecule has 0 unspecified atom stereocenters. The quantitative estimate of drug-likeness (QED) is 0.391. The van der Waals surface area contributed by atoms with Crippen LogP contribution in [0.3, 0.4) is 0 Å². The molecular formula is C30H33N3O4. The van der Waals surface area contributed by atoms with Gasteiger partial charge in [0.2, 0.25) is 0 Å². The van der Waals surface area contributed by atoms with Crippen molar-refractivity contribution in [3.05, 3.63) is 96.1 Å². The average Bonchev–Trinajstić information content (AvgIpc) is 3.11. The summed E-state index contributed by atoms with van der Waals surface area (Å²) < 4.78 is 11.2. The number of carbonyl (C=O) groups is 2. The van der Waals surface area contributed by atoms with E-state index < -0.39 is 5.54 Å². The number of benzene rings is 3. The maximum atomic E-state index is 13.7. The third kappa shape index (κ3) is 5.38. The van der Waals surface area contributed by atoms with Crippen molar-refractivity contribution in [3.8, 4) is 11.5 Å². The summed E-state index contributed by atoms with van der Waals surface area (Å²) in [6.07, 6.45) is 1.21. The number of para-hydroxylation sites is 1. The van der Waals surface area contributed by atoms with Gasteiger partial charge in [-0.05, 0) is 48.2 Å². The van der Waals surface area contributed by atoms with Crippen LogP contribution >= 0.6 is 0 Å². The van der Waals surface area contributed by atoms with Crippen molar-refractivity contribution in [3.63, 3.8) is 0 Å². The van der Waals surface area contributed by atoms with Crippen LogP contribution in [0.5, 0.6) is 11.5 Å². The molecule has 3 amide bonds. The standard InChI is InChI=1S/C30H33N3O4/c1-36-20-19-32-28(34)30(33(29(32)35)23-24-9-4-2-5-10-24)15-17-31(18-16-30)22-25-11-8-14-27(21-25)37-26-12-6-3-7-13-26/h2-14,21H,15-20,22-23H2,1H3. The van der Waals surface area contributed by atoms with Gasteiger partial charge in [0.05, 0.1) is 13.2 Å². The predicted molar refractivity (Wildman–Crippen MR) is 141 cm³/mol. The van der Waals surface area contributed by atoms with Gasteiger partial charge < -0.3 is 14.4 Å². The van der Waals surface area contributed by atoms with Crippen molar-refractivity contribution in [2.75, 3.05) is 33.4 Å². The monoisotopic (exact) mass is 499 g/mol. The Bertz CT molecular complexity index is 1210. The highest BCUT2D eigenvalue weighted by molar-refractivity contribution is 6.07. The van der Waals surface area contributed by atoms with Crippen LogP contribution in [-0.4, -0.2) is 65.5 Å². The molecule has 7 nitrogen and oxygen atoms in total. The average molecular weight is 500 g/mol. The van der Waals surface area contributed by atoms with Crippen LogP contribution in [0.25, 0.3) is 0 Å². The molecule has 2 fully saturated rings. The number of methoxy groups -OCH3 is 1. The van der Waals surface area contributed by atoms with E-state index in [-0.39, 0.29) is 18.5 Å². The Balaban J connectivity index is 1.28. The van der Waals surface area contributed by atoms with Crippen LogP contribution in [0.2, 0.25) is 0 Å². The maximum Gasteiger partial charge on any atom is 0.328 e. The Morgan fingerprint density at radius 2 is 1.43 bits per heavy atom. The van der Waals surface area contributed by atoms with E-state index in [2.05, 4.69) is 17.0 Å². The molecule has 0 bridgehead atoms. The fourth-order valence-electron chi connectivity index (χ4n) is 5.30. The van der Waals surface area contributed by atoms with Gasteiger partial charge in [0.25, 0.3) is 5.91 Å². The van der Waals surface area contributed by atoms with Crippen molar-refractivity contribution >= 4 is 11.9 Å². The highest BCUT2D eigenvalue weighted by Crippen LogP contribution is 2.39. The van der Waals surface area contributed by atoms with Crippen LogP contribution < -0.4 is 4.74 Å². The summed E-state index contributed by atoms with van der Waals surface area (Å²) in [6.45, 7) is 3.25. The molecule has 7 heteroatoms. The molecule has 0 aliphatic carbocycles. The Morgan fingerprint density at radius 3 is 2.14 bits per heavy atom. The maximum absolute atomic E-state index is 13.7. The minimum Gasteiger partial charge on any atom is -0.457 e. The summed E-state index contributed by atoms with van der Waals surface area (Å²) >= 11 is 0. The van der Waals surface area contributed by atoms with Gasteiger partial charge in [-0.3, -0.25) is 14.6 Å². The molecule has 3 aromatic rings. The van der Waals surface area contributed by atoms with E-state index in [1.807, 2.05) is 72.8 Å². The SMILES string of the molecule is COCCN1C(=O)N(Cc2ccccc2)C2(CCN(Cc3cccc(Oc4ccccc4)c3)CC2)C1=O. The van der Waals surface area contributed by atoms with E-state index >= 15 is 0 Å². The summed E-state index contributed by atoms with van der Waals surface area (Å²) in [5.41, 5.74) is 1.37. The first kappa shape index (κ1) is 25.0. The largest absolute Gasteiger partial charge is 0.457 e. The van der Waals surface area contributed by atoms with E-state index in [1.54, 1.807) is 12.0 Å². The first-order valence-electron chi connectivity index (χ1n) is 12.8. The molecule has 192 valence electrons. The number of likely N-dealkylation sites (tertiary alicyclic amines) is 1. The third-order valence-corrected chi connectivity index (χ3v) is 7.29. The smallest absolute Gasteiger partial charge is 0.328 e. The molecule has 0 aromatic heterocycles. The second-order valence-electron chi connectivity index (χ2n) is 9.67. The fraction of sp³-hybridized carbons (Fsp3) is 0.333. The molecule has 5 rings (SSSR count).